The minimum atomic E-state index is -4.34. The summed E-state index contributed by atoms with van der Waals surface area (Å²) in [4.78, 5) is 15.8. The molecule has 0 unspecified atom stereocenters. The predicted octanol–water partition coefficient (Wildman–Crippen LogP) is 5.44. The monoisotopic (exact) mass is 439 g/mol. The third kappa shape index (κ3) is 3.38. The number of ether oxygens (including phenoxy) is 1. The summed E-state index contributed by atoms with van der Waals surface area (Å²) in [6.45, 7) is 0.308. The standard InChI is InChI=1S/C24H20F3N3O2/c25-24(26,27)16-3-1-15(2-4-16)7-8-32-17-5-6-19-18(9-17)20(10-29-19)30-21(31)23-11-22(12-23,13-23)14-28/h1-6,9-10,29H,7-8,11-13H2,(H,30,31). The number of carbonyl (C=O) groups is 1. The lowest BCUT2D eigenvalue weighted by Gasteiger charge is -2.65. The van der Waals surface area contributed by atoms with Crippen LogP contribution in [-0.4, -0.2) is 17.5 Å². The van der Waals surface area contributed by atoms with Crippen LogP contribution in [0.25, 0.3) is 10.9 Å². The number of nitrogens with zero attached hydrogens (tertiary/aromatic N) is 1. The van der Waals surface area contributed by atoms with Crippen LogP contribution in [0.4, 0.5) is 18.9 Å². The molecule has 164 valence electrons. The van der Waals surface area contributed by atoms with Crippen LogP contribution in [0.15, 0.2) is 48.7 Å². The quantitative estimate of drug-likeness (QED) is 0.537. The van der Waals surface area contributed by atoms with Gasteiger partial charge in [0, 0.05) is 23.5 Å². The molecule has 0 saturated heterocycles. The number of nitrogens with one attached hydrogen (secondary N) is 2. The normalized spacial score (nSPS) is 23.7. The number of fused-ring (bicyclic) bond motifs is 1. The number of aromatic amines is 1. The average molecular weight is 439 g/mol. The molecule has 2 bridgehead atoms. The van der Waals surface area contributed by atoms with E-state index in [1.54, 1.807) is 12.3 Å². The van der Waals surface area contributed by atoms with Crippen LogP contribution >= 0.6 is 0 Å². The molecule has 0 aliphatic heterocycles. The van der Waals surface area contributed by atoms with Gasteiger partial charge in [0.1, 0.15) is 5.75 Å². The average Bonchev–Trinajstić information content (AvgIpc) is 3.08. The van der Waals surface area contributed by atoms with E-state index in [9.17, 15) is 18.0 Å². The van der Waals surface area contributed by atoms with Crippen LogP contribution in [0.3, 0.4) is 0 Å². The van der Waals surface area contributed by atoms with Crippen LogP contribution < -0.4 is 10.1 Å². The number of carbonyl (C=O) groups excluding carboxylic acids is 1. The Bertz CT molecular complexity index is 1220. The van der Waals surface area contributed by atoms with Crippen molar-refractivity contribution in [2.75, 3.05) is 11.9 Å². The second-order valence-electron chi connectivity index (χ2n) is 8.86. The number of aromatic nitrogens is 1. The minimum Gasteiger partial charge on any atom is -0.493 e. The zero-order valence-corrected chi connectivity index (χ0v) is 17.1. The molecule has 0 radical (unpaired) electrons. The molecule has 3 aromatic rings. The topological polar surface area (TPSA) is 77.9 Å². The molecule has 8 heteroatoms. The first-order valence-electron chi connectivity index (χ1n) is 10.3. The SMILES string of the molecule is N#CC12CC(C(=O)Nc3c[nH]c4ccc(OCCc5ccc(C(F)(F)F)cc5)cc34)(C1)C2. The minimum absolute atomic E-state index is 0.0517. The van der Waals surface area contributed by atoms with Crippen molar-refractivity contribution in [3.8, 4) is 11.8 Å². The van der Waals surface area contributed by atoms with Crippen LogP contribution in [0, 0.1) is 22.2 Å². The Morgan fingerprint density at radius 2 is 1.88 bits per heavy atom. The zero-order valence-electron chi connectivity index (χ0n) is 17.1. The summed E-state index contributed by atoms with van der Waals surface area (Å²) >= 11 is 0. The Morgan fingerprint density at radius 1 is 1.16 bits per heavy atom. The molecule has 3 saturated carbocycles. The van der Waals surface area contributed by atoms with Gasteiger partial charge >= 0.3 is 6.18 Å². The Hall–Kier alpha value is -3.47. The Kier molecular flexibility index (Phi) is 4.48. The van der Waals surface area contributed by atoms with Crippen molar-refractivity contribution in [3.05, 3.63) is 59.8 Å². The summed E-state index contributed by atoms with van der Waals surface area (Å²) in [5.74, 6) is 0.553. The molecule has 0 spiro atoms. The van der Waals surface area contributed by atoms with Gasteiger partial charge in [-0.3, -0.25) is 4.79 Å². The van der Waals surface area contributed by atoms with Gasteiger partial charge < -0.3 is 15.0 Å². The van der Waals surface area contributed by atoms with Crippen molar-refractivity contribution in [2.45, 2.75) is 31.9 Å². The van der Waals surface area contributed by atoms with Crippen LogP contribution in [0.1, 0.15) is 30.4 Å². The van der Waals surface area contributed by atoms with Crippen LogP contribution in [0.5, 0.6) is 5.75 Å². The first kappa shape index (κ1) is 20.4. The summed E-state index contributed by atoms with van der Waals surface area (Å²) in [6.07, 6.45) is -0.255. The van der Waals surface area contributed by atoms with E-state index in [0.717, 1.165) is 28.6 Å². The fourth-order valence-electron chi connectivity index (χ4n) is 4.84. The highest BCUT2D eigenvalue weighted by molar-refractivity contribution is 6.05. The van der Waals surface area contributed by atoms with Crippen molar-refractivity contribution >= 4 is 22.5 Å². The number of hydrogen-bond acceptors (Lipinski definition) is 3. The number of alkyl halides is 3. The van der Waals surface area contributed by atoms with Crippen LogP contribution in [0.2, 0.25) is 0 Å². The third-order valence-corrected chi connectivity index (χ3v) is 6.59. The van der Waals surface area contributed by atoms with Crippen LogP contribution in [-0.2, 0) is 17.4 Å². The maximum atomic E-state index is 12.7. The van der Waals surface area contributed by atoms with Gasteiger partial charge in [-0.2, -0.15) is 18.4 Å². The van der Waals surface area contributed by atoms with Gasteiger partial charge in [0.2, 0.25) is 5.91 Å². The van der Waals surface area contributed by atoms with Crippen molar-refractivity contribution in [1.29, 1.82) is 5.26 Å². The zero-order chi connectivity index (χ0) is 22.6. The highest BCUT2D eigenvalue weighted by atomic mass is 19.4. The van der Waals surface area contributed by atoms with Gasteiger partial charge in [0.15, 0.2) is 0 Å². The molecular formula is C24H20F3N3O2. The summed E-state index contributed by atoms with van der Waals surface area (Å²) in [6, 6.07) is 12.8. The highest BCUT2D eigenvalue weighted by Crippen LogP contribution is 2.73. The lowest BCUT2D eigenvalue weighted by Crippen LogP contribution is -2.65. The van der Waals surface area contributed by atoms with E-state index in [1.165, 1.54) is 12.1 Å². The Balaban J connectivity index is 1.21. The number of anilines is 1. The van der Waals surface area contributed by atoms with E-state index < -0.39 is 17.2 Å². The third-order valence-electron chi connectivity index (χ3n) is 6.59. The van der Waals surface area contributed by atoms with E-state index >= 15 is 0 Å². The number of amides is 1. The number of hydrogen-bond donors (Lipinski definition) is 2. The number of rotatable bonds is 6. The number of benzene rings is 2. The molecule has 32 heavy (non-hydrogen) atoms. The maximum Gasteiger partial charge on any atom is 0.416 e. The van der Waals surface area contributed by atoms with Crippen molar-refractivity contribution in [2.24, 2.45) is 10.8 Å². The Labute approximate surface area is 182 Å². The molecule has 3 fully saturated rings. The number of halogens is 3. The number of nitriles is 1. The highest BCUT2D eigenvalue weighted by Gasteiger charge is 2.72. The maximum absolute atomic E-state index is 12.7. The number of H-pyrrole nitrogens is 1. The van der Waals surface area contributed by atoms with Gasteiger partial charge in [-0.05, 0) is 55.2 Å². The smallest absolute Gasteiger partial charge is 0.416 e. The second kappa shape index (κ2) is 7.02. The lowest BCUT2D eigenvalue weighted by atomic mass is 9.35. The molecule has 0 atom stereocenters. The molecular weight excluding hydrogens is 419 g/mol. The lowest BCUT2D eigenvalue weighted by molar-refractivity contribution is -0.179. The molecule has 3 aliphatic carbocycles. The molecule has 5 nitrogen and oxygen atoms in total. The summed E-state index contributed by atoms with van der Waals surface area (Å²) in [7, 11) is 0. The van der Waals surface area contributed by atoms with E-state index in [1.807, 2.05) is 12.1 Å². The molecule has 1 amide bonds. The van der Waals surface area contributed by atoms with Gasteiger partial charge in [0.05, 0.1) is 34.8 Å². The molecule has 1 aromatic heterocycles. The Morgan fingerprint density at radius 3 is 2.53 bits per heavy atom. The van der Waals surface area contributed by atoms with Gasteiger partial charge in [-0.15, -0.1) is 0 Å². The van der Waals surface area contributed by atoms with Crippen molar-refractivity contribution in [1.82, 2.24) is 4.98 Å². The molecule has 2 N–H and O–H groups in total. The summed E-state index contributed by atoms with van der Waals surface area (Å²) in [5, 5.41) is 12.9. The van der Waals surface area contributed by atoms with Crippen molar-refractivity contribution < 1.29 is 22.7 Å². The van der Waals surface area contributed by atoms with E-state index in [0.29, 0.717) is 43.7 Å². The first-order chi connectivity index (χ1) is 15.2. The largest absolute Gasteiger partial charge is 0.493 e. The molecule has 3 aliphatic rings. The molecule has 1 heterocycles. The first-order valence-corrected chi connectivity index (χ1v) is 10.3. The summed E-state index contributed by atoms with van der Waals surface area (Å²) < 4.78 is 43.8. The van der Waals surface area contributed by atoms with E-state index in [-0.39, 0.29) is 11.3 Å². The van der Waals surface area contributed by atoms with Crippen molar-refractivity contribution in [3.63, 3.8) is 0 Å². The van der Waals surface area contributed by atoms with Gasteiger partial charge in [-0.25, -0.2) is 0 Å². The van der Waals surface area contributed by atoms with Gasteiger partial charge in [-0.1, -0.05) is 12.1 Å². The second-order valence-corrected chi connectivity index (χ2v) is 8.86. The summed E-state index contributed by atoms with van der Waals surface area (Å²) in [5.41, 5.74) is 0.898. The predicted molar refractivity (Wildman–Crippen MR) is 112 cm³/mol. The molecule has 2 aromatic carbocycles. The van der Waals surface area contributed by atoms with E-state index in [4.69, 9.17) is 10.00 Å². The fourth-order valence-corrected chi connectivity index (χ4v) is 4.84. The fraction of sp³-hybridized carbons (Fsp3) is 0.333. The van der Waals surface area contributed by atoms with Gasteiger partial charge in [0.25, 0.3) is 0 Å². The van der Waals surface area contributed by atoms with E-state index in [2.05, 4.69) is 16.4 Å². The molecule has 6 rings (SSSR count).